The second-order valence-electron chi connectivity index (χ2n) is 8.98. The number of rotatable bonds is 3. The van der Waals surface area contributed by atoms with Gasteiger partial charge in [0.05, 0.1) is 18.1 Å². The van der Waals surface area contributed by atoms with E-state index < -0.39 is 23.3 Å². The third-order valence-corrected chi connectivity index (χ3v) is 5.66. The van der Waals surface area contributed by atoms with Crippen molar-refractivity contribution in [2.45, 2.75) is 0 Å². The predicted molar refractivity (Wildman–Crippen MR) is 168 cm³/mol. The van der Waals surface area contributed by atoms with E-state index in [1.54, 1.807) is 55.1 Å². The van der Waals surface area contributed by atoms with Crippen molar-refractivity contribution < 1.29 is 37.7 Å². The molecule has 0 bridgehead atoms. The van der Waals surface area contributed by atoms with E-state index in [2.05, 4.69) is 47.1 Å². The number of aromatic nitrogens is 6. The Bertz CT molecular complexity index is 1950. The van der Waals surface area contributed by atoms with Crippen LogP contribution in [0.2, 0.25) is 0 Å². The largest absolute Gasteiger partial charge is 3.00 e. The van der Waals surface area contributed by atoms with Crippen LogP contribution < -0.4 is 5.10 Å². The molecule has 238 valence electrons. The van der Waals surface area contributed by atoms with Crippen LogP contribution in [0.3, 0.4) is 0 Å². The normalized spacial score (nSPS) is 9.48. The van der Waals surface area contributed by atoms with Gasteiger partial charge in [-0.25, -0.2) is 4.85 Å². The molecule has 7 aromatic rings. The Balaban J connectivity index is 0.000000189. The Morgan fingerprint density at radius 2 is 1.27 bits per heavy atom. The van der Waals surface area contributed by atoms with E-state index in [1.165, 1.54) is 0 Å². The molecule has 7 nitrogen and oxygen atoms in total. The first-order valence-electron chi connectivity index (χ1n) is 13.6. The van der Waals surface area contributed by atoms with Gasteiger partial charge in [0, 0.05) is 48.1 Å². The van der Waals surface area contributed by atoms with Gasteiger partial charge in [-0.2, -0.15) is 6.07 Å². The Hall–Kier alpha value is -5.89. The van der Waals surface area contributed by atoms with Crippen LogP contribution in [0.15, 0.2) is 134 Å². The van der Waals surface area contributed by atoms with Crippen molar-refractivity contribution in [3.63, 3.8) is 0 Å². The first kappa shape index (κ1) is 36.6. The van der Waals surface area contributed by atoms with Gasteiger partial charge in [-0.15, -0.1) is 30.3 Å². The number of hydrogen-bond donors (Lipinski definition) is 0. The molecular formula is C36H22F4IrN7. The molecule has 0 N–H and O–H groups in total. The van der Waals surface area contributed by atoms with Crippen LogP contribution >= 0.6 is 0 Å². The van der Waals surface area contributed by atoms with Gasteiger partial charge in [-0.1, -0.05) is 60.2 Å². The number of benzene rings is 3. The Morgan fingerprint density at radius 3 is 1.75 bits per heavy atom. The summed E-state index contributed by atoms with van der Waals surface area (Å²) in [6.07, 6.45) is 6.74. The molecule has 0 fully saturated rings. The zero-order valence-corrected chi connectivity index (χ0v) is 27.1. The minimum absolute atomic E-state index is 0. The number of nitrogens with zero attached hydrogens (tertiary/aromatic N) is 7. The summed E-state index contributed by atoms with van der Waals surface area (Å²) in [6, 6.07) is 33.1. The average Bonchev–Trinajstić information content (AvgIpc) is 3.61. The van der Waals surface area contributed by atoms with Crippen molar-refractivity contribution in [2.24, 2.45) is 0 Å². The molecule has 0 amide bonds. The van der Waals surface area contributed by atoms with Gasteiger partial charge >= 0.3 is 20.1 Å². The summed E-state index contributed by atoms with van der Waals surface area (Å²) in [4.78, 5) is 19.6. The van der Waals surface area contributed by atoms with Crippen LogP contribution in [-0.4, -0.2) is 25.0 Å². The minimum Gasteiger partial charge on any atom is -0.417 e. The fourth-order valence-corrected chi connectivity index (χ4v) is 3.53. The van der Waals surface area contributed by atoms with Gasteiger partial charge in [-0.3, -0.25) is 32.6 Å². The van der Waals surface area contributed by atoms with Gasteiger partial charge in [0.15, 0.2) is 5.69 Å². The third kappa shape index (κ3) is 11.8. The van der Waals surface area contributed by atoms with E-state index >= 15 is 0 Å². The summed E-state index contributed by atoms with van der Waals surface area (Å²) in [7, 11) is 0. The fourth-order valence-electron chi connectivity index (χ4n) is 3.53. The summed E-state index contributed by atoms with van der Waals surface area (Å²) in [5.74, 6) is -1.43. The molecule has 48 heavy (non-hydrogen) atoms. The molecule has 12 heteroatoms. The van der Waals surface area contributed by atoms with Crippen LogP contribution in [0, 0.1) is 42.0 Å². The summed E-state index contributed by atoms with van der Waals surface area (Å²) in [5.41, 5.74) is 2.76. The molecule has 0 saturated carbocycles. The van der Waals surface area contributed by atoms with E-state index in [0.717, 1.165) is 35.9 Å². The second-order valence-corrected chi connectivity index (χ2v) is 8.98. The Kier molecular flexibility index (Phi) is 14.9. The SMILES string of the molecule is Fc1c[c-]c(-c2ccccn2)c(F)c1.Fc1c[c-]cc(F)c1.[C-]#[N+]c1ccc(-c2n[n-]c(-c3ccccn3)n2)cc1.[Ir+3].c1ccncc1. The van der Waals surface area contributed by atoms with E-state index in [1.807, 2.05) is 48.5 Å². The maximum atomic E-state index is 13.2. The zero-order chi connectivity index (χ0) is 33.3. The van der Waals surface area contributed by atoms with Gasteiger partial charge < -0.3 is 15.1 Å². The molecular weight excluding hydrogens is 799 g/mol. The average molecular weight is 821 g/mol. The quantitative estimate of drug-likeness (QED) is 0.132. The van der Waals surface area contributed by atoms with Crippen molar-refractivity contribution in [1.82, 2.24) is 30.1 Å². The number of pyridine rings is 3. The van der Waals surface area contributed by atoms with Crippen LogP contribution in [0.1, 0.15) is 0 Å². The molecule has 7 rings (SSSR count). The molecule has 4 heterocycles. The molecule has 0 spiro atoms. The zero-order valence-electron chi connectivity index (χ0n) is 24.7. The first-order chi connectivity index (χ1) is 22.9. The van der Waals surface area contributed by atoms with Gasteiger partial charge in [0.1, 0.15) is 0 Å². The molecule has 0 aliphatic heterocycles. The summed E-state index contributed by atoms with van der Waals surface area (Å²) < 4.78 is 49.6. The predicted octanol–water partition coefficient (Wildman–Crippen LogP) is 8.38. The maximum Gasteiger partial charge on any atom is 3.00 e. The van der Waals surface area contributed by atoms with Crippen molar-refractivity contribution in [1.29, 1.82) is 0 Å². The summed E-state index contributed by atoms with van der Waals surface area (Å²) in [5, 5.41) is 8.06. The fraction of sp³-hybridized carbons (Fsp3) is 0. The first-order valence-corrected chi connectivity index (χ1v) is 13.6. The van der Waals surface area contributed by atoms with Gasteiger partial charge in [0.25, 0.3) is 0 Å². The number of halogens is 4. The molecule has 0 aliphatic carbocycles. The van der Waals surface area contributed by atoms with Gasteiger partial charge in [0.2, 0.25) is 0 Å². The van der Waals surface area contributed by atoms with Crippen LogP contribution in [-0.2, 0) is 20.1 Å². The van der Waals surface area contributed by atoms with Crippen molar-refractivity contribution in [3.05, 3.63) is 181 Å². The number of hydrogen-bond acceptors (Lipinski definition) is 5. The van der Waals surface area contributed by atoms with E-state index in [9.17, 15) is 17.6 Å². The molecule has 0 aliphatic rings. The molecule has 0 radical (unpaired) electrons. The molecule has 3 aromatic carbocycles. The standard InChI is InChI=1S/C14H8N5.C11H6F2N.C6H3F2.C5H5N.Ir/c1-15-11-7-5-10(6-8-11)13-17-14(19-18-13)12-4-2-3-9-16-12;12-8-4-5-9(10(13)7-8)11-3-1-2-6-14-11;7-5-2-1-3-6(8)4-5;1-2-4-6-5-3-1;/h2-9H;1-4,6-7H;2-4H;1-5H;/q3*-1;;+3. The van der Waals surface area contributed by atoms with E-state index in [-0.39, 0.29) is 25.7 Å². The van der Waals surface area contributed by atoms with E-state index in [4.69, 9.17) is 6.57 Å². The van der Waals surface area contributed by atoms with Crippen LogP contribution in [0.5, 0.6) is 0 Å². The maximum absolute atomic E-state index is 13.2. The topological polar surface area (TPSA) is 82.9 Å². The van der Waals surface area contributed by atoms with Crippen LogP contribution in [0.25, 0.3) is 39.0 Å². The van der Waals surface area contributed by atoms with Crippen molar-refractivity contribution >= 4 is 5.69 Å². The van der Waals surface area contributed by atoms with Crippen molar-refractivity contribution in [3.8, 4) is 34.2 Å². The molecule has 0 unspecified atom stereocenters. The third-order valence-electron chi connectivity index (χ3n) is 5.66. The summed E-state index contributed by atoms with van der Waals surface area (Å²) >= 11 is 0. The molecule has 4 aromatic heterocycles. The second kappa shape index (κ2) is 19.6. The Labute approximate surface area is 287 Å². The minimum atomic E-state index is -0.649. The smallest absolute Gasteiger partial charge is 0.417 e. The molecule has 0 atom stereocenters. The van der Waals surface area contributed by atoms with E-state index in [0.29, 0.717) is 28.7 Å². The molecule has 0 saturated heterocycles. The van der Waals surface area contributed by atoms with Crippen LogP contribution in [0.4, 0.5) is 23.2 Å². The van der Waals surface area contributed by atoms with Crippen molar-refractivity contribution in [2.75, 3.05) is 0 Å². The van der Waals surface area contributed by atoms with Gasteiger partial charge in [-0.05, 0) is 47.4 Å². The monoisotopic (exact) mass is 821 g/mol. The summed E-state index contributed by atoms with van der Waals surface area (Å²) in [6.45, 7) is 6.91. The Morgan fingerprint density at radius 1 is 0.667 bits per heavy atom.